The number of ether oxygens (including phenoxy) is 2. The van der Waals surface area contributed by atoms with Gasteiger partial charge in [0.05, 0.1) is 10.8 Å². The van der Waals surface area contributed by atoms with E-state index in [1.54, 1.807) is 13.8 Å². The number of amides is 1. The van der Waals surface area contributed by atoms with E-state index in [2.05, 4.69) is 4.74 Å². The molecular formula is C24H30F3NO6S. The van der Waals surface area contributed by atoms with Crippen molar-refractivity contribution in [1.82, 2.24) is 4.72 Å². The first kappa shape index (κ1) is 25.8. The van der Waals surface area contributed by atoms with Crippen molar-refractivity contribution in [1.29, 1.82) is 0 Å². The van der Waals surface area contributed by atoms with Gasteiger partial charge in [-0.2, -0.15) is 0 Å². The minimum atomic E-state index is -5.10. The average Bonchev–Trinajstić information content (AvgIpc) is 2.71. The molecule has 0 heterocycles. The van der Waals surface area contributed by atoms with Crippen molar-refractivity contribution in [3.63, 3.8) is 0 Å². The van der Waals surface area contributed by atoms with Gasteiger partial charge >= 0.3 is 12.3 Å². The number of nitrogens with one attached hydrogen (secondary N) is 1. The van der Waals surface area contributed by atoms with Crippen molar-refractivity contribution in [2.75, 3.05) is 0 Å². The highest BCUT2D eigenvalue weighted by Crippen LogP contribution is 2.63. The summed E-state index contributed by atoms with van der Waals surface area (Å²) in [5.74, 6) is -1.84. The molecule has 1 aromatic carbocycles. The fraction of sp³-hybridized carbons (Fsp3) is 0.667. The number of alkyl halides is 3. The lowest BCUT2D eigenvalue weighted by molar-refractivity contribution is -0.275. The van der Waals surface area contributed by atoms with E-state index < -0.39 is 49.4 Å². The molecule has 194 valence electrons. The molecule has 7 nitrogen and oxygen atoms in total. The standard InChI is InChI=1S/C24H30F3NO6S/c1-4-21(2,3)20(30)34-23-12-15-9-16(13-23)11-22(10-15,14-23)19(29)28-35(31,32)18-8-6-5-7-17(18)33-24(25,26)27/h5-8,15-16H,4,9-14H2,1-3H3,(H,28,29). The van der Waals surface area contributed by atoms with E-state index in [-0.39, 0.29) is 24.2 Å². The second kappa shape index (κ2) is 8.38. The number of hydrogen-bond donors (Lipinski definition) is 1. The Morgan fingerprint density at radius 1 is 1.09 bits per heavy atom. The number of sulfonamides is 1. The first-order valence-electron chi connectivity index (χ1n) is 11.7. The van der Waals surface area contributed by atoms with Crippen LogP contribution in [0, 0.1) is 22.7 Å². The lowest BCUT2D eigenvalue weighted by atomic mass is 9.47. The van der Waals surface area contributed by atoms with Crippen LogP contribution in [0.1, 0.15) is 65.7 Å². The van der Waals surface area contributed by atoms with Gasteiger partial charge in [-0.25, -0.2) is 13.1 Å². The van der Waals surface area contributed by atoms with Crippen LogP contribution in [-0.4, -0.2) is 32.3 Å². The quantitative estimate of drug-likeness (QED) is 0.526. The van der Waals surface area contributed by atoms with Gasteiger partial charge in [0.2, 0.25) is 5.91 Å². The Balaban J connectivity index is 1.59. The molecule has 4 aliphatic carbocycles. The van der Waals surface area contributed by atoms with Crippen molar-refractivity contribution < 1.29 is 40.7 Å². The number of carbonyl (C=O) groups excluding carboxylic acids is 2. The van der Waals surface area contributed by atoms with Crippen LogP contribution in [0.25, 0.3) is 0 Å². The minimum absolute atomic E-state index is 0.100. The lowest BCUT2D eigenvalue weighted by Crippen LogP contribution is -2.62. The Hall–Kier alpha value is -2.30. The van der Waals surface area contributed by atoms with Crippen molar-refractivity contribution >= 4 is 21.9 Å². The summed E-state index contributed by atoms with van der Waals surface area (Å²) in [6, 6.07) is 4.28. The van der Waals surface area contributed by atoms with Crippen LogP contribution in [0.3, 0.4) is 0 Å². The third-order valence-electron chi connectivity index (χ3n) is 7.83. The molecule has 0 spiro atoms. The molecule has 4 aliphatic rings. The van der Waals surface area contributed by atoms with Gasteiger partial charge in [0.25, 0.3) is 10.0 Å². The van der Waals surface area contributed by atoms with Gasteiger partial charge < -0.3 is 9.47 Å². The monoisotopic (exact) mass is 517 g/mol. The Morgan fingerprint density at radius 2 is 1.69 bits per heavy atom. The van der Waals surface area contributed by atoms with Gasteiger partial charge in [-0.05, 0) is 76.3 Å². The van der Waals surface area contributed by atoms with E-state index in [1.807, 2.05) is 11.6 Å². The van der Waals surface area contributed by atoms with E-state index in [9.17, 15) is 31.2 Å². The summed E-state index contributed by atoms with van der Waals surface area (Å²) in [4.78, 5) is 25.6. The molecule has 0 saturated heterocycles. The fourth-order valence-corrected chi connectivity index (χ4v) is 7.41. The Bertz CT molecular complexity index is 1120. The predicted molar refractivity (Wildman–Crippen MR) is 118 cm³/mol. The topological polar surface area (TPSA) is 98.8 Å². The highest BCUT2D eigenvalue weighted by atomic mass is 32.2. The Labute approximate surface area is 202 Å². The van der Waals surface area contributed by atoms with Crippen LogP contribution < -0.4 is 9.46 Å². The Kier molecular flexibility index (Phi) is 6.18. The molecular weight excluding hydrogens is 487 g/mol. The summed E-state index contributed by atoms with van der Waals surface area (Å²) in [5, 5.41) is 0. The molecule has 0 aromatic heterocycles. The normalized spacial score (nSPS) is 30.1. The highest BCUT2D eigenvalue weighted by molar-refractivity contribution is 7.90. The third-order valence-corrected chi connectivity index (χ3v) is 9.20. The first-order valence-corrected chi connectivity index (χ1v) is 13.2. The molecule has 4 bridgehead atoms. The first-order chi connectivity index (χ1) is 16.1. The number of carbonyl (C=O) groups is 2. The number of para-hydroxylation sites is 1. The zero-order valence-corrected chi connectivity index (χ0v) is 20.7. The summed E-state index contributed by atoms with van der Waals surface area (Å²) in [7, 11) is -4.66. The van der Waals surface area contributed by atoms with Crippen LogP contribution in [0.4, 0.5) is 13.2 Å². The van der Waals surface area contributed by atoms with E-state index in [0.29, 0.717) is 32.1 Å². The van der Waals surface area contributed by atoms with Crippen molar-refractivity contribution in [2.45, 2.75) is 82.6 Å². The zero-order chi connectivity index (χ0) is 25.9. The molecule has 11 heteroatoms. The summed E-state index contributed by atoms with van der Waals surface area (Å²) in [5.41, 5.74) is -2.61. The zero-order valence-electron chi connectivity index (χ0n) is 19.9. The molecule has 5 rings (SSSR count). The number of hydrogen-bond acceptors (Lipinski definition) is 6. The van der Waals surface area contributed by atoms with Crippen LogP contribution >= 0.6 is 0 Å². The maximum atomic E-state index is 13.5. The van der Waals surface area contributed by atoms with Crippen LogP contribution in [-0.2, 0) is 24.3 Å². The summed E-state index contributed by atoms with van der Waals surface area (Å²) < 4.78 is 76.3. The number of esters is 1. The van der Waals surface area contributed by atoms with Crippen LogP contribution in [0.15, 0.2) is 29.2 Å². The predicted octanol–water partition coefficient (Wildman–Crippen LogP) is 4.71. The highest BCUT2D eigenvalue weighted by Gasteiger charge is 2.63. The summed E-state index contributed by atoms with van der Waals surface area (Å²) in [6.07, 6.45) is -1.31. The molecule has 0 radical (unpaired) electrons. The lowest BCUT2D eigenvalue weighted by Gasteiger charge is -2.60. The molecule has 0 aliphatic heterocycles. The fourth-order valence-electron chi connectivity index (χ4n) is 6.21. The SMILES string of the molecule is CCC(C)(C)C(=O)OC12CC3CC(C1)CC(C(=O)NS(=O)(=O)c1ccccc1OC(F)(F)F)(C3)C2. The molecule has 1 N–H and O–H groups in total. The van der Waals surface area contributed by atoms with Crippen molar-refractivity contribution in [3.8, 4) is 5.75 Å². The Morgan fingerprint density at radius 3 is 2.26 bits per heavy atom. The number of halogens is 3. The van der Waals surface area contributed by atoms with Crippen LogP contribution in [0.2, 0.25) is 0 Å². The minimum Gasteiger partial charge on any atom is -0.459 e. The van der Waals surface area contributed by atoms with Crippen molar-refractivity contribution in [2.24, 2.45) is 22.7 Å². The molecule has 2 atom stereocenters. The number of benzene rings is 1. The summed E-state index contributed by atoms with van der Waals surface area (Å²) in [6.45, 7) is 5.48. The van der Waals surface area contributed by atoms with Crippen molar-refractivity contribution in [3.05, 3.63) is 24.3 Å². The van der Waals surface area contributed by atoms with Gasteiger partial charge in [-0.1, -0.05) is 19.1 Å². The molecule has 35 heavy (non-hydrogen) atoms. The second-order valence-electron chi connectivity index (χ2n) is 11.0. The molecule has 4 saturated carbocycles. The number of rotatable bonds is 7. The maximum Gasteiger partial charge on any atom is 0.573 e. The van der Waals surface area contributed by atoms with E-state index in [4.69, 9.17) is 4.74 Å². The average molecular weight is 518 g/mol. The third kappa shape index (κ3) is 5.01. The van der Waals surface area contributed by atoms with Gasteiger partial charge in [0, 0.05) is 6.42 Å². The van der Waals surface area contributed by atoms with Gasteiger partial charge in [-0.15, -0.1) is 13.2 Å². The van der Waals surface area contributed by atoms with E-state index in [1.165, 1.54) is 12.1 Å². The van der Waals surface area contributed by atoms with Gasteiger partial charge in [0.1, 0.15) is 16.2 Å². The van der Waals surface area contributed by atoms with Gasteiger partial charge in [-0.3, -0.25) is 9.59 Å². The second-order valence-corrected chi connectivity index (χ2v) is 12.6. The molecule has 2 unspecified atom stereocenters. The van der Waals surface area contributed by atoms with Crippen LogP contribution in [0.5, 0.6) is 5.75 Å². The van der Waals surface area contributed by atoms with E-state index in [0.717, 1.165) is 18.6 Å². The largest absolute Gasteiger partial charge is 0.573 e. The molecule has 1 aromatic rings. The molecule has 4 fully saturated rings. The van der Waals surface area contributed by atoms with E-state index >= 15 is 0 Å². The maximum absolute atomic E-state index is 13.5. The smallest absolute Gasteiger partial charge is 0.459 e. The van der Waals surface area contributed by atoms with Gasteiger partial charge in [0.15, 0.2) is 0 Å². The molecule has 1 amide bonds. The summed E-state index contributed by atoms with van der Waals surface area (Å²) >= 11 is 0.